The molecule has 4 aromatic rings. The summed E-state index contributed by atoms with van der Waals surface area (Å²) in [6.45, 7) is 0. The summed E-state index contributed by atoms with van der Waals surface area (Å²) in [6, 6.07) is 21.3. The molecule has 7 nitrogen and oxygen atoms in total. The molecule has 0 spiro atoms. The Labute approximate surface area is 170 Å². The molecule has 0 bridgehead atoms. The predicted molar refractivity (Wildman–Crippen MR) is 110 cm³/mol. The smallest absolute Gasteiger partial charge is 0.249 e. The van der Waals surface area contributed by atoms with Crippen molar-refractivity contribution in [2.75, 3.05) is 0 Å². The Morgan fingerprint density at radius 1 is 1.03 bits per heavy atom. The van der Waals surface area contributed by atoms with E-state index in [4.69, 9.17) is 0 Å². The summed E-state index contributed by atoms with van der Waals surface area (Å²) in [5, 5.41) is 24.3. The average molecular weight is 400 g/mol. The van der Waals surface area contributed by atoms with Crippen LogP contribution in [0, 0.1) is 11.3 Å². The van der Waals surface area contributed by atoms with Crippen molar-refractivity contribution in [1.29, 1.82) is 5.26 Å². The maximum absolute atomic E-state index is 12.2. The summed E-state index contributed by atoms with van der Waals surface area (Å²) in [5.41, 5.74) is 3.95. The lowest BCUT2D eigenvalue weighted by molar-refractivity contribution is 0.881. The maximum Gasteiger partial charge on any atom is 0.249 e. The summed E-state index contributed by atoms with van der Waals surface area (Å²) in [6.07, 6.45) is 0.536. The first-order chi connectivity index (χ1) is 14.2. The van der Waals surface area contributed by atoms with E-state index in [2.05, 4.69) is 31.7 Å². The fourth-order valence-electron chi connectivity index (χ4n) is 3.01. The summed E-state index contributed by atoms with van der Waals surface area (Å²) in [5.74, 6) is 1.11. The number of pyridine rings is 1. The minimum atomic E-state index is -0.210. The Morgan fingerprint density at radius 2 is 1.86 bits per heavy atom. The molecule has 0 aliphatic rings. The van der Waals surface area contributed by atoms with Crippen LogP contribution in [-0.4, -0.2) is 25.6 Å². The summed E-state index contributed by atoms with van der Waals surface area (Å²) in [7, 11) is 0. The molecule has 0 aliphatic carbocycles. The number of tetrazole rings is 1. The van der Waals surface area contributed by atoms with Gasteiger partial charge < -0.3 is 4.98 Å². The van der Waals surface area contributed by atoms with Crippen LogP contribution in [0.5, 0.6) is 0 Å². The highest BCUT2D eigenvalue weighted by Gasteiger charge is 2.13. The van der Waals surface area contributed by atoms with Crippen molar-refractivity contribution >= 4 is 11.8 Å². The molecule has 2 aromatic heterocycles. The summed E-state index contributed by atoms with van der Waals surface area (Å²) >= 11 is 1.43. The number of nitrogens with zero attached hydrogens (tertiary/aromatic N) is 4. The minimum absolute atomic E-state index is 0.210. The highest BCUT2D eigenvalue weighted by atomic mass is 32.2. The standard InChI is InChI=1S/C21H16N6OS/c22-12-18-17(9-14-5-2-1-3-6-14)11-19(28)23-21(18)29-13-15-7-4-8-16(10-15)20-24-26-27-25-20/h1-8,10-11H,9,13H2,(H,23,28)(H,24,25,26,27). The van der Waals surface area contributed by atoms with Crippen LogP contribution < -0.4 is 5.56 Å². The zero-order chi connectivity index (χ0) is 20.1. The number of nitrogens with one attached hydrogen (secondary N) is 2. The second-order valence-electron chi connectivity index (χ2n) is 6.36. The van der Waals surface area contributed by atoms with Crippen molar-refractivity contribution in [2.45, 2.75) is 17.2 Å². The van der Waals surface area contributed by atoms with Gasteiger partial charge in [-0.3, -0.25) is 4.79 Å². The Hall–Kier alpha value is -3.70. The van der Waals surface area contributed by atoms with E-state index >= 15 is 0 Å². The Bertz CT molecular complexity index is 1210. The van der Waals surface area contributed by atoms with Gasteiger partial charge in [-0.1, -0.05) is 48.5 Å². The van der Waals surface area contributed by atoms with E-state index in [0.29, 0.717) is 28.6 Å². The number of aromatic nitrogens is 5. The van der Waals surface area contributed by atoms with Gasteiger partial charge in [0.1, 0.15) is 6.07 Å². The monoisotopic (exact) mass is 400 g/mol. The van der Waals surface area contributed by atoms with E-state index in [-0.39, 0.29) is 5.56 Å². The van der Waals surface area contributed by atoms with Gasteiger partial charge in [-0.15, -0.1) is 22.0 Å². The molecular formula is C21H16N6OS. The van der Waals surface area contributed by atoms with Crippen LogP contribution in [0.2, 0.25) is 0 Å². The second-order valence-corrected chi connectivity index (χ2v) is 7.35. The van der Waals surface area contributed by atoms with Gasteiger partial charge in [0.2, 0.25) is 11.4 Å². The highest BCUT2D eigenvalue weighted by Crippen LogP contribution is 2.27. The van der Waals surface area contributed by atoms with Crippen LogP contribution in [0.1, 0.15) is 22.3 Å². The Kier molecular flexibility index (Phi) is 5.49. The first kappa shape index (κ1) is 18.7. The zero-order valence-corrected chi connectivity index (χ0v) is 16.1. The van der Waals surface area contributed by atoms with E-state index in [9.17, 15) is 10.1 Å². The van der Waals surface area contributed by atoms with Crippen molar-refractivity contribution in [3.63, 3.8) is 0 Å². The molecule has 8 heteroatoms. The van der Waals surface area contributed by atoms with Gasteiger partial charge in [0, 0.05) is 17.4 Å². The maximum atomic E-state index is 12.2. The number of aromatic amines is 2. The number of nitriles is 1. The van der Waals surface area contributed by atoms with Crippen LogP contribution in [0.15, 0.2) is 70.5 Å². The predicted octanol–water partition coefficient (Wildman–Crippen LogP) is 3.31. The third kappa shape index (κ3) is 4.42. The molecule has 2 aromatic carbocycles. The minimum Gasteiger partial charge on any atom is -0.316 e. The first-order valence-corrected chi connectivity index (χ1v) is 9.87. The number of hydrogen-bond acceptors (Lipinski definition) is 6. The van der Waals surface area contributed by atoms with Crippen molar-refractivity contribution < 1.29 is 0 Å². The van der Waals surface area contributed by atoms with Gasteiger partial charge in [-0.2, -0.15) is 10.5 Å². The largest absolute Gasteiger partial charge is 0.316 e. The molecule has 0 unspecified atom stereocenters. The fourth-order valence-corrected chi connectivity index (χ4v) is 4.00. The quantitative estimate of drug-likeness (QED) is 0.480. The van der Waals surface area contributed by atoms with Gasteiger partial charge in [-0.05, 0) is 34.4 Å². The molecule has 2 heterocycles. The molecule has 0 radical (unpaired) electrons. The normalized spacial score (nSPS) is 10.6. The molecule has 2 N–H and O–H groups in total. The molecule has 0 atom stereocenters. The van der Waals surface area contributed by atoms with E-state index in [1.807, 2.05) is 54.6 Å². The van der Waals surface area contributed by atoms with Crippen LogP contribution in [0.4, 0.5) is 0 Å². The number of benzene rings is 2. The van der Waals surface area contributed by atoms with E-state index < -0.39 is 0 Å². The SMILES string of the molecule is N#Cc1c(Cc2ccccc2)cc(=O)[nH]c1SCc1cccc(-c2nn[nH]n2)c1. The van der Waals surface area contributed by atoms with Crippen molar-refractivity contribution in [3.05, 3.63) is 93.3 Å². The lowest BCUT2D eigenvalue weighted by Crippen LogP contribution is -2.10. The zero-order valence-electron chi connectivity index (χ0n) is 15.3. The van der Waals surface area contributed by atoms with Crippen LogP contribution >= 0.6 is 11.8 Å². The van der Waals surface area contributed by atoms with E-state index in [0.717, 1.165) is 22.3 Å². The number of hydrogen-bond donors (Lipinski definition) is 2. The molecule has 142 valence electrons. The third-order valence-electron chi connectivity index (χ3n) is 4.35. The fraction of sp³-hybridized carbons (Fsp3) is 0.0952. The van der Waals surface area contributed by atoms with Crippen molar-refractivity contribution in [3.8, 4) is 17.5 Å². The molecule has 4 rings (SSSR count). The van der Waals surface area contributed by atoms with E-state index in [1.54, 1.807) is 0 Å². The Morgan fingerprint density at radius 3 is 2.62 bits per heavy atom. The van der Waals surface area contributed by atoms with Gasteiger partial charge in [0.25, 0.3) is 0 Å². The lowest BCUT2D eigenvalue weighted by atomic mass is 10.0. The molecule has 0 saturated carbocycles. The summed E-state index contributed by atoms with van der Waals surface area (Å²) in [4.78, 5) is 15.0. The van der Waals surface area contributed by atoms with Gasteiger partial charge in [0.15, 0.2) is 0 Å². The first-order valence-electron chi connectivity index (χ1n) is 8.89. The molecular weight excluding hydrogens is 384 g/mol. The van der Waals surface area contributed by atoms with Crippen LogP contribution in [-0.2, 0) is 12.2 Å². The van der Waals surface area contributed by atoms with Crippen LogP contribution in [0.25, 0.3) is 11.4 Å². The highest BCUT2D eigenvalue weighted by molar-refractivity contribution is 7.98. The number of H-pyrrole nitrogens is 2. The number of thioether (sulfide) groups is 1. The molecule has 0 aliphatic heterocycles. The molecule has 29 heavy (non-hydrogen) atoms. The second kappa shape index (κ2) is 8.54. The number of rotatable bonds is 6. The molecule has 0 fully saturated rings. The molecule has 0 saturated heterocycles. The van der Waals surface area contributed by atoms with Crippen molar-refractivity contribution in [2.24, 2.45) is 0 Å². The summed E-state index contributed by atoms with van der Waals surface area (Å²) < 4.78 is 0. The van der Waals surface area contributed by atoms with Gasteiger partial charge in [0.05, 0.1) is 10.6 Å². The average Bonchev–Trinajstić information content (AvgIpc) is 3.28. The van der Waals surface area contributed by atoms with Gasteiger partial charge in [-0.25, -0.2) is 0 Å². The van der Waals surface area contributed by atoms with Gasteiger partial charge >= 0.3 is 0 Å². The topological polar surface area (TPSA) is 111 Å². The van der Waals surface area contributed by atoms with E-state index in [1.165, 1.54) is 17.8 Å². The lowest BCUT2D eigenvalue weighted by Gasteiger charge is -2.09. The van der Waals surface area contributed by atoms with Crippen molar-refractivity contribution in [1.82, 2.24) is 25.6 Å². The molecule has 0 amide bonds. The third-order valence-corrected chi connectivity index (χ3v) is 5.43. The van der Waals surface area contributed by atoms with Crippen LogP contribution in [0.3, 0.4) is 0 Å². The Balaban J connectivity index is 1.58.